The van der Waals surface area contributed by atoms with E-state index < -0.39 is 5.91 Å². The van der Waals surface area contributed by atoms with E-state index in [0.717, 1.165) is 30.8 Å². The predicted octanol–water partition coefficient (Wildman–Crippen LogP) is 4.08. The molecule has 2 aromatic carbocycles. The van der Waals surface area contributed by atoms with Crippen LogP contribution in [0.5, 0.6) is 17.2 Å². The van der Waals surface area contributed by atoms with Crippen LogP contribution in [0.4, 0.5) is 0 Å². The number of primary amides is 1. The second kappa shape index (κ2) is 10.9. The van der Waals surface area contributed by atoms with E-state index in [9.17, 15) is 4.79 Å². The Kier molecular flexibility index (Phi) is 7.97. The highest BCUT2D eigenvalue weighted by Gasteiger charge is 2.23. The van der Waals surface area contributed by atoms with Gasteiger partial charge in [-0.05, 0) is 61.7 Å². The summed E-state index contributed by atoms with van der Waals surface area (Å²) in [6.07, 6.45) is 4.83. The second-order valence-corrected chi connectivity index (χ2v) is 7.58. The van der Waals surface area contributed by atoms with Gasteiger partial charge in [0, 0.05) is 12.6 Å². The lowest BCUT2D eigenvalue weighted by Gasteiger charge is -2.30. The van der Waals surface area contributed by atoms with E-state index in [1.807, 2.05) is 37.3 Å². The molecule has 6 nitrogen and oxygen atoms in total. The molecule has 30 heavy (non-hydrogen) atoms. The summed E-state index contributed by atoms with van der Waals surface area (Å²) in [5, 5.41) is 0. The number of methoxy groups -OCH3 is 1. The van der Waals surface area contributed by atoms with Gasteiger partial charge < -0.3 is 19.9 Å². The van der Waals surface area contributed by atoms with Crippen LogP contribution in [0.15, 0.2) is 42.5 Å². The zero-order valence-corrected chi connectivity index (χ0v) is 17.9. The maximum Gasteiger partial charge on any atom is 0.255 e. The molecular formula is C24H32N2O4. The van der Waals surface area contributed by atoms with Gasteiger partial charge in [-0.25, -0.2) is 0 Å². The summed E-state index contributed by atoms with van der Waals surface area (Å²) in [5.41, 5.74) is 7.68. The third-order valence-electron chi connectivity index (χ3n) is 5.43. The average Bonchev–Trinajstić information content (AvgIpc) is 2.99. The Morgan fingerprint density at radius 2 is 1.87 bits per heavy atom. The fourth-order valence-corrected chi connectivity index (χ4v) is 3.98. The summed E-state index contributed by atoms with van der Waals surface area (Å²) in [6.45, 7) is 4.17. The van der Waals surface area contributed by atoms with E-state index in [1.165, 1.54) is 24.8 Å². The number of nitrogens with two attached hydrogens (primary N) is 1. The van der Waals surface area contributed by atoms with E-state index >= 15 is 0 Å². The van der Waals surface area contributed by atoms with Gasteiger partial charge in [0.25, 0.3) is 5.91 Å². The van der Waals surface area contributed by atoms with Crippen molar-refractivity contribution in [2.45, 2.75) is 45.2 Å². The van der Waals surface area contributed by atoms with Crippen molar-refractivity contribution >= 4 is 5.91 Å². The number of ether oxygens (including phenoxy) is 3. The molecule has 1 saturated heterocycles. The molecule has 0 spiro atoms. The third-order valence-corrected chi connectivity index (χ3v) is 5.43. The summed E-state index contributed by atoms with van der Waals surface area (Å²) in [7, 11) is 1.69. The van der Waals surface area contributed by atoms with Crippen LogP contribution in [0.1, 0.15) is 49.8 Å². The first-order chi connectivity index (χ1) is 14.6. The van der Waals surface area contributed by atoms with Crippen LogP contribution in [0.3, 0.4) is 0 Å². The van der Waals surface area contributed by atoms with E-state index in [2.05, 4.69) is 17.0 Å². The van der Waals surface area contributed by atoms with Crippen molar-refractivity contribution in [1.82, 2.24) is 4.90 Å². The van der Waals surface area contributed by atoms with Crippen LogP contribution in [-0.2, 0) is 11.3 Å². The molecule has 0 unspecified atom stereocenters. The van der Waals surface area contributed by atoms with Crippen molar-refractivity contribution < 1.29 is 19.0 Å². The van der Waals surface area contributed by atoms with Gasteiger partial charge in [0.15, 0.2) is 18.1 Å². The zero-order chi connectivity index (χ0) is 21.3. The van der Waals surface area contributed by atoms with Gasteiger partial charge in [0.05, 0.1) is 13.7 Å². The Morgan fingerprint density at radius 3 is 2.57 bits per heavy atom. The highest BCUT2D eigenvalue weighted by molar-refractivity contribution is 5.75. The molecule has 0 aliphatic carbocycles. The molecule has 1 amide bonds. The Labute approximate surface area is 178 Å². The second-order valence-electron chi connectivity index (χ2n) is 7.58. The van der Waals surface area contributed by atoms with Gasteiger partial charge in [-0.2, -0.15) is 0 Å². The lowest BCUT2D eigenvalue weighted by atomic mass is 10.00. The molecule has 6 heteroatoms. The van der Waals surface area contributed by atoms with Gasteiger partial charge >= 0.3 is 0 Å². The summed E-state index contributed by atoms with van der Waals surface area (Å²) in [5.74, 6) is 1.56. The van der Waals surface area contributed by atoms with Crippen molar-refractivity contribution in [2.75, 3.05) is 26.9 Å². The maximum absolute atomic E-state index is 11.1. The van der Waals surface area contributed by atoms with Crippen molar-refractivity contribution in [3.63, 3.8) is 0 Å². The molecule has 1 aliphatic heterocycles. The summed E-state index contributed by atoms with van der Waals surface area (Å²) in [4.78, 5) is 13.6. The minimum atomic E-state index is -0.506. The number of hydrogen-bond donors (Lipinski definition) is 1. The normalized spacial score (nSPS) is 17.2. The van der Waals surface area contributed by atoms with E-state index in [0.29, 0.717) is 24.1 Å². The van der Waals surface area contributed by atoms with Crippen LogP contribution >= 0.6 is 0 Å². The zero-order valence-electron chi connectivity index (χ0n) is 17.9. The molecule has 1 fully saturated rings. The highest BCUT2D eigenvalue weighted by Crippen LogP contribution is 2.34. The molecule has 0 radical (unpaired) electrons. The molecule has 1 heterocycles. The molecule has 3 rings (SSSR count). The van der Waals surface area contributed by atoms with Crippen molar-refractivity contribution in [1.29, 1.82) is 0 Å². The number of rotatable bonds is 9. The number of amides is 1. The Hall–Kier alpha value is -2.73. The SMILES string of the molecule is CCOc1cc(CN2CCCCC[C@H]2c2ccc(OC)cc2)ccc1OCC(N)=O. The summed E-state index contributed by atoms with van der Waals surface area (Å²) in [6, 6.07) is 14.7. The maximum atomic E-state index is 11.1. The molecule has 1 atom stereocenters. The highest BCUT2D eigenvalue weighted by atomic mass is 16.5. The van der Waals surface area contributed by atoms with Gasteiger partial charge in [-0.15, -0.1) is 0 Å². The number of benzene rings is 2. The Balaban J connectivity index is 1.79. The van der Waals surface area contributed by atoms with Crippen molar-refractivity contribution in [3.8, 4) is 17.2 Å². The first-order valence-corrected chi connectivity index (χ1v) is 10.7. The standard InChI is InChI=1S/C24H32N2O4/c1-3-29-23-15-18(8-13-22(23)30-17-24(25)27)16-26-14-6-4-5-7-21(26)19-9-11-20(28-2)12-10-19/h8-13,15,21H,3-7,14,16-17H2,1-2H3,(H2,25,27)/t21-/m0/s1. The Morgan fingerprint density at radius 1 is 1.07 bits per heavy atom. The molecule has 0 saturated carbocycles. The number of carbonyl (C=O) groups excluding carboxylic acids is 1. The third kappa shape index (κ3) is 5.89. The summed E-state index contributed by atoms with van der Waals surface area (Å²) >= 11 is 0. The summed E-state index contributed by atoms with van der Waals surface area (Å²) < 4.78 is 16.6. The number of likely N-dealkylation sites (tertiary alicyclic amines) is 1. The molecule has 0 aromatic heterocycles. The lowest BCUT2D eigenvalue weighted by Crippen LogP contribution is -2.28. The monoisotopic (exact) mass is 412 g/mol. The van der Waals surface area contributed by atoms with E-state index in [-0.39, 0.29) is 6.61 Å². The van der Waals surface area contributed by atoms with E-state index in [1.54, 1.807) is 7.11 Å². The van der Waals surface area contributed by atoms with Crippen molar-refractivity contribution in [3.05, 3.63) is 53.6 Å². The lowest BCUT2D eigenvalue weighted by molar-refractivity contribution is -0.119. The number of carbonyl (C=O) groups is 1. The van der Waals surface area contributed by atoms with Crippen molar-refractivity contribution in [2.24, 2.45) is 5.73 Å². The smallest absolute Gasteiger partial charge is 0.255 e. The van der Waals surface area contributed by atoms with Gasteiger partial charge in [-0.1, -0.05) is 31.0 Å². The minimum absolute atomic E-state index is 0.162. The fourth-order valence-electron chi connectivity index (χ4n) is 3.98. The first-order valence-electron chi connectivity index (χ1n) is 10.7. The predicted molar refractivity (Wildman–Crippen MR) is 117 cm³/mol. The molecule has 2 N–H and O–H groups in total. The van der Waals surface area contributed by atoms with Crippen LogP contribution < -0.4 is 19.9 Å². The fraction of sp³-hybridized carbons (Fsp3) is 0.458. The van der Waals surface area contributed by atoms with Crippen LogP contribution in [0.25, 0.3) is 0 Å². The molecule has 1 aliphatic rings. The molecule has 162 valence electrons. The van der Waals surface area contributed by atoms with Crippen LogP contribution in [0, 0.1) is 0 Å². The average molecular weight is 413 g/mol. The van der Waals surface area contributed by atoms with Crippen LogP contribution in [-0.4, -0.2) is 37.7 Å². The van der Waals surface area contributed by atoms with E-state index in [4.69, 9.17) is 19.9 Å². The topological polar surface area (TPSA) is 74.0 Å². The van der Waals surface area contributed by atoms with Gasteiger partial charge in [0.2, 0.25) is 0 Å². The number of nitrogens with zero attached hydrogens (tertiary/aromatic N) is 1. The number of hydrogen-bond acceptors (Lipinski definition) is 5. The quantitative estimate of drug-likeness (QED) is 0.672. The minimum Gasteiger partial charge on any atom is -0.497 e. The Bertz CT molecular complexity index is 822. The largest absolute Gasteiger partial charge is 0.497 e. The molecule has 2 aromatic rings. The van der Waals surface area contributed by atoms with Gasteiger partial charge in [-0.3, -0.25) is 9.69 Å². The van der Waals surface area contributed by atoms with Gasteiger partial charge in [0.1, 0.15) is 5.75 Å². The molecular weight excluding hydrogens is 380 g/mol. The van der Waals surface area contributed by atoms with Crippen LogP contribution in [0.2, 0.25) is 0 Å². The molecule has 0 bridgehead atoms. The first kappa shape index (κ1) is 22.0.